The van der Waals surface area contributed by atoms with Gasteiger partial charge in [0.2, 0.25) is 11.8 Å². The molecule has 29 heteroatoms. The first-order chi connectivity index (χ1) is 26.9. The van der Waals surface area contributed by atoms with E-state index < -0.39 is 90.7 Å². The van der Waals surface area contributed by atoms with E-state index in [1.165, 1.54) is 13.8 Å². The van der Waals surface area contributed by atoms with Gasteiger partial charge in [0.15, 0.2) is 22.8 Å². The number of rotatable bonds is 25. The van der Waals surface area contributed by atoms with Gasteiger partial charge in [0.25, 0.3) is 0 Å². The summed E-state index contributed by atoms with van der Waals surface area (Å²) in [6.07, 6.45) is -4.33. The van der Waals surface area contributed by atoms with Crippen molar-refractivity contribution in [3.05, 3.63) is 12.7 Å². The fraction of sp³-hybridized carbons (Fsp3) is 0.724. The second-order valence-electron chi connectivity index (χ2n) is 13.6. The number of anilines is 1. The lowest BCUT2D eigenvalue weighted by atomic mass is 9.87. The Hall–Kier alpha value is -2.48. The lowest BCUT2D eigenvalue weighted by Gasteiger charge is -2.30. The third-order valence-corrected chi connectivity index (χ3v) is 12.3. The molecule has 1 fully saturated rings. The predicted molar refractivity (Wildman–Crippen MR) is 202 cm³/mol. The Labute approximate surface area is 336 Å². The number of ether oxygens (including phenoxy) is 1. The van der Waals surface area contributed by atoms with Crippen LogP contribution in [0.2, 0.25) is 0 Å². The number of aliphatic hydroxyl groups excluding tert-OH is 3. The molecule has 1 saturated heterocycles. The summed E-state index contributed by atoms with van der Waals surface area (Å²) in [5.41, 5.74) is 4.24. The summed E-state index contributed by atoms with van der Waals surface area (Å²) in [7, 11) is -16.4. The van der Waals surface area contributed by atoms with Crippen LogP contribution in [0, 0.1) is 5.41 Å². The van der Waals surface area contributed by atoms with Crippen LogP contribution < -0.4 is 16.4 Å². The van der Waals surface area contributed by atoms with E-state index >= 15 is 0 Å². The summed E-state index contributed by atoms with van der Waals surface area (Å²) >= 11 is 0.978. The molecule has 8 atom stereocenters. The van der Waals surface area contributed by atoms with Crippen molar-refractivity contribution in [2.24, 2.45) is 5.41 Å². The molecule has 2 aromatic heterocycles. The number of carbonyl (C=O) groups is 3. The SMILES string of the molecule is CCCCCC(O)CC(=O)SCCNC(=O)CCNC(=O)[C@H](O)C(C)(C)COP(=O)(O)OP(=O)(O)OC[C@H]1O[C@H](n2cnc3c(N)ncnc32)[C@H](O)[C@@H]1OP(=O)(O)O. The molecule has 2 amide bonds. The van der Waals surface area contributed by atoms with Crippen LogP contribution in [0.1, 0.15) is 65.5 Å². The maximum absolute atomic E-state index is 12.7. The number of fused-ring (bicyclic) bond motifs is 1. The standard InChI is InChI=1S/C29H50N7O18P3S/c1-4-5-6-7-17(37)12-20(39)58-11-10-31-19(38)8-9-32-27(42)24(41)29(2,3)14-51-57(48,49)54-56(46,47)50-13-18-23(53-55(43,44)45)22(40)28(52-18)36-16-35-21-25(30)33-15-34-26(21)36/h15-18,22-24,28,37,40-41H,4-14H2,1-3H3,(H,31,38)(H,32,42)(H,46,47)(H,48,49)(H2,30,33,34)(H2,43,44,45)/t17?,18-,22-,23-,24+,28+/m1/s1. The number of aliphatic hydroxyl groups is 3. The number of thioether (sulfide) groups is 1. The maximum atomic E-state index is 12.7. The predicted octanol–water partition coefficient (Wildman–Crippen LogP) is -0.00400. The molecule has 0 aliphatic carbocycles. The molecule has 330 valence electrons. The minimum Gasteiger partial charge on any atom is -0.393 e. The van der Waals surface area contributed by atoms with Crippen molar-refractivity contribution in [3.8, 4) is 0 Å². The number of nitrogen functional groups attached to an aromatic ring is 1. The van der Waals surface area contributed by atoms with Gasteiger partial charge in [-0.15, -0.1) is 0 Å². The van der Waals surface area contributed by atoms with Gasteiger partial charge < -0.3 is 56.0 Å². The molecule has 3 rings (SSSR count). The highest BCUT2D eigenvalue weighted by Crippen LogP contribution is 2.61. The van der Waals surface area contributed by atoms with Crippen molar-refractivity contribution < 1.29 is 85.6 Å². The van der Waals surface area contributed by atoms with Crippen molar-refractivity contribution in [2.45, 2.75) is 96.0 Å². The summed E-state index contributed by atoms with van der Waals surface area (Å²) in [6.45, 7) is 2.42. The summed E-state index contributed by atoms with van der Waals surface area (Å²) < 4.78 is 62.1. The number of amides is 2. The van der Waals surface area contributed by atoms with Crippen LogP contribution in [0.15, 0.2) is 12.7 Å². The molecular weight excluding hydrogens is 859 g/mol. The number of aromatic nitrogens is 4. The minimum absolute atomic E-state index is 0.0181. The molecule has 25 nitrogen and oxygen atoms in total. The van der Waals surface area contributed by atoms with E-state index in [0.29, 0.717) is 6.42 Å². The number of hydrogen-bond acceptors (Lipinski definition) is 19. The Balaban J connectivity index is 1.45. The molecule has 1 aliphatic rings. The van der Waals surface area contributed by atoms with Gasteiger partial charge in [0, 0.05) is 37.1 Å². The Bertz CT molecular complexity index is 1850. The molecule has 0 aromatic carbocycles. The van der Waals surface area contributed by atoms with Crippen molar-refractivity contribution in [3.63, 3.8) is 0 Å². The Morgan fingerprint density at radius 2 is 1.72 bits per heavy atom. The van der Waals surface area contributed by atoms with Gasteiger partial charge in [-0.25, -0.2) is 28.6 Å². The van der Waals surface area contributed by atoms with Crippen molar-refractivity contribution >= 4 is 69.1 Å². The Morgan fingerprint density at radius 1 is 1.03 bits per heavy atom. The lowest BCUT2D eigenvalue weighted by Crippen LogP contribution is -2.46. The third kappa shape index (κ3) is 15.8. The van der Waals surface area contributed by atoms with E-state index in [-0.39, 0.29) is 53.8 Å². The minimum atomic E-state index is -5.58. The lowest BCUT2D eigenvalue weighted by molar-refractivity contribution is -0.137. The molecule has 0 spiro atoms. The molecular formula is C29H50N7O18P3S. The van der Waals surface area contributed by atoms with E-state index in [1.54, 1.807) is 0 Å². The number of phosphoric acid groups is 3. The van der Waals surface area contributed by atoms with Gasteiger partial charge in [0.1, 0.15) is 36.3 Å². The fourth-order valence-electron chi connectivity index (χ4n) is 5.28. The monoisotopic (exact) mass is 909 g/mol. The number of carbonyl (C=O) groups excluding carboxylic acids is 3. The number of nitrogens with two attached hydrogens (primary N) is 1. The van der Waals surface area contributed by atoms with E-state index in [1.807, 2.05) is 6.92 Å². The second-order valence-corrected chi connectivity index (χ2v) is 19.0. The normalized spacial score (nSPS) is 21.9. The highest BCUT2D eigenvalue weighted by molar-refractivity contribution is 8.13. The largest absolute Gasteiger partial charge is 0.481 e. The molecule has 0 bridgehead atoms. The molecule has 0 saturated carbocycles. The Kier molecular flexibility index (Phi) is 18.8. The summed E-state index contributed by atoms with van der Waals surface area (Å²) in [6, 6.07) is 0. The van der Waals surface area contributed by atoms with Crippen LogP contribution in [0.5, 0.6) is 0 Å². The topological polar surface area (TPSA) is 384 Å². The first-order valence-electron chi connectivity index (χ1n) is 17.7. The van der Waals surface area contributed by atoms with Crippen LogP contribution in [-0.4, -0.2) is 134 Å². The molecule has 2 aromatic rings. The van der Waals surface area contributed by atoms with E-state index in [2.05, 4.69) is 34.4 Å². The van der Waals surface area contributed by atoms with Gasteiger partial charge in [-0.05, 0) is 6.42 Å². The maximum Gasteiger partial charge on any atom is 0.481 e. The van der Waals surface area contributed by atoms with Crippen LogP contribution in [0.4, 0.5) is 5.82 Å². The van der Waals surface area contributed by atoms with Gasteiger partial charge in [-0.1, -0.05) is 51.8 Å². The number of nitrogens with zero attached hydrogens (tertiary/aromatic N) is 4. The molecule has 11 N–H and O–H groups in total. The first kappa shape index (κ1) is 49.9. The van der Waals surface area contributed by atoms with Gasteiger partial charge in [0.05, 0.1) is 25.6 Å². The third-order valence-electron chi connectivity index (χ3n) is 8.31. The van der Waals surface area contributed by atoms with Crippen LogP contribution in [0.3, 0.4) is 0 Å². The smallest absolute Gasteiger partial charge is 0.393 e. The average Bonchev–Trinajstić information content (AvgIpc) is 3.68. The van der Waals surface area contributed by atoms with Gasteiger partial charge >= 0.3 is 23.5 Å². The summed E-state index contributed by atoms with van der Waals surface area (Å²) in [5, 5.41) is 36.1. The van der Waals surface area contributed by atoms with Crippen molar-refractivity contribution in [1.82, 2.24) is 30.2 Å². The zero-order valence-corrected chi connectivity index (χ0v) is 35.1. The molecule has 0 radical (unpaired) electrons. The zero-order chi connectivity index (χ0) is 43.5. The number of imidazole rings is 1. The molecule has 1 aliphatic heterocycles. The van der Waals surface area contributed by atoms with E-state index in [9.17, 15) is 63.0 Å². The summed E-state index contributed by atoms with van der Waals surface area (Å²) in [5.74, 6) is -1.23. The number of unbranched alkanes of at least 4 members (excludes halogenated alkanes) is 2. The average molecular weight is 910 g/mol. The van der Waals surface area contributed by atoms with E-state index in [4.69, 9.17) is 19.5 Å². The fourth-order valence-corrected chi connectivity index (χ4v) is 8.85. The highest BCUT2D eigenvalue weighted by atomic mass is 32.2. The highest BCUT2D eigenvalue weighted by Gasteiger charge is 2.50. The molecule has 58 heavy (non-hydrogen) atoms. The van der Waals surface area contributed by atoms with E-state index in [0.717, 1.165) is 48.2 Å². The second kappa shape index (κ2) is 21.9. The zero-order valence-electron chi connectivity index (χ0n) is 31.6. The molecule has 3 unspecified atom stereocenters. The number of phosphoric ester groups is 3. The number of hydrogen-bond donors (Lipinski definition) is 10. The van der Waals surface area contributed by atoms with Crippen LogP contribution in [-0.2, 0) is 50.7 Å². The van der Waals surface area contributed by atoms with Gasteiger partial charge in [-0.3, -0.25) is 32.5 Å². The van der Waals surface area contributed by atoms with Crippen molar-refractivity contribution in [1.29, 1.82) is 0 Å². The summed E-state index contributed by atoms with van der Waals surface area (Å²) in [4.78, 5) is 87.7. The van der Waals surface area contributed by atoms with Crippen LogP contribution >= 0.6 is 35.2 Å². The number of nitrogens with one attached hydrogen (secondary N) is 2. The quantitative estimate of drug-likeness (QED) is 0.0463. The first-order valence-corrected chi connectivity index (χ1v) is 23.2. The molecule has 3 heterocycles. The van der Waals surface area contributed by atoms with Crippen molar-refractivity contribution in [2.75, 3.05) is 37.8 Å². The Morgan fingerprint density at radius 3 is 2.40 bits per heavy atom. The van der Waals surface area contributed by atoms with Crippen LogP contribution in [0.25, 0.3) is 11.2 Å². The van der Waals surface area contributed by atoms with Gasteiger partial charge in [-0.2, -0.15) is 4.31 Å².